The second-order valence-corrected chi connectivity index (χ2v) is 8.02. The molecule has 0 amide bonds. The third kappa shape index (κ3) is 4.66. The molecule has 1 atom stereocenters. The second kappa shape index (κ2) is 9.20. The summed E-state index contributed by atoms with van der Waals surface area (Å²) in [6.45, 7) is 8.96. The zero-order valence-electron chi connectivity index (χ0n) is 16.7. The molecule has 2 N–H and O–H groups in total. The van der Waals surface area contributed by atoms with Gasteiger partial charge in [-0.2, -0.15) is 0 Å². The van der Waals surface area contributed by atoms with Crippen LogP contribution in [0.5, 0.6) is 0 Å². The molecule has 4 nitrogen and oxygen atoms in total. The van der Waals surface area contributed by atoms with Gasteiger partial charge in [0.2, 0.25) is 11.6 Å². The van der Waals surface area contributed by atoms with Gasteiger partial charge in [0.15, 0.2) is 0 Å². The van der Waals surface area contributed by atoms with Crippen LogP contribution in [-0.2, 0) is 9.59 Å². The fourth-order valence-electron chi connectivity index (χ4n) is 3.73. The third-order valence-corrected chi connectivity index (χ3v) is 5.18. The third-order valence-electron chi connectivity index (χ3n) is 5.18. The lowest BCUT2D eigenvalue weighted by Gasteiger charge is -2.28. The van der Waals surface area contributed by atoms with Crippen LogP contribution in [-0.4, -0.2) is 23.2 Å². The first-order valence-corrected chi connectivity index (χ1v) is 10.0. The molecule has 0 spiro atoms. The van der Waals surface area contributed by atoms with E-state index in [4.69, 9.17) is 0 Å². The highest BCUT2D eigenvalue weighted by Gasteiger charge is 2.38. The van der Waals surface area contributed by atoms with Gasteiger partial charge in [0.1, 0.15) is 5.76 Å². The van der Waals surface area contributed by atoms with Crippen LogP contribution < -0.4 is 5.32 Å². The van der Waals surface area contributed by atoms with Gasteiger partial charge in [-0.15, -0.1) is 0 Å². The lowest BCUT2D eigenvalue weighted by molar-refractivity contribution is -0.133. The van der Waals surface area contributed by atoms with Crippen molar-refractivity contribution in [1.82, 2.24) is 5.32 Å². The molecule has 0 aliphatic heterocycles. The number of carbonyl (C=O) groups is 2. The molecule has 144 valence electrons. The van der Waals surface area contributed by atoms with Crippen molar-refractivity contribution in [2.24, 2.45) is 11.8 Å². The molecule has 0 fully saturated rings. The standard InChI is InChI=1S/C22H33NO3/c1-5-6-7-11-17-19(23-13-14(2)3)21(25)18(22(26)20(17)24)16-10-8-9-15(4)12-16/h12,14,16,23,25H,5-11,13H2,1-4H3. The summed E-state index contributed by atoms with van der Waals surface area (Å²) in [5.74, 6) is -0.733. The van der Waals surface area contributed by atoms with Crippen molar-refractivity contribution in [2.75, 3.05) is 6.54 Å². The Morgan fingerprint density at radius 3 is 2.58 bits per heavy atom. The molecular formula is C22H33NO3. The molecule has 0 saturated heterocycles. The minimum atomic E-state index is -0.514. The maximum atomic E-state index is 12.8. The fourth-order valence-corrected chi connectivity index (χ4v) is 3.73. The topological polar surface area (TPSA) is 66.4 Å². The number of unbranched alkanes of at least 4 members (excludes halogenated alkanes) is 2. The maximum Gasteiger partial charge on any atom is 0.233 e. The predicted molar refractivity (Wildman–Crippen MR) is 105 cm³/mol. The normalized spacial score (nSPS) is 21.6. The minimum absolute atomic E-state index is 0.00213. The molecule has 2 aliphatic carbocycles. The van der Waals surface area contributed by atoms with Crippen LogP contribution in [0.4, 0.5) is 0 Å². The quantitative estimate of drug-likeness (QED) is 0.283. The van der Waals surface area contributed by atoms with Crippen LogP contribution in [0.25, 0.3) is 0 Å². The molecule has 2 rings (SSSR count). The summed E-state index contributed by atoms with van der Waals surface area (Å²) in [6.07, 6.45) is 8.28. The molecule has 0 bridgehead atoms. The van der Waals surface area contributed by atoms with Gasteiger partial charge in [0.25, 0.3) is 0 Å². The summed E-state index contributed by atoms with van der Waals surface area (Å²) in [6, 6.07) is 0. The molecule has 4 heteroatoms. The predicted octanol–water partition coefficient (Wildman–Crippen LogP) is 4.78. The van der Waals surface area contributed by atoms with Crippen molar-refractivity contribution >= 4 is 11.6 Å². The monoisotopic (exact) mass is 359 g/mol. The Morgan fingerprint density at radius 2 is 1.96 bits per heavy atom. The van der Waals surface area contributed by atoms with E-state index in [0.29, 0.717) is 35.7 Å². The molecule has 0 heterocycles. The van der Waals surface area contributed by atoms with Crippen molar-refractivity contribution < 1.29 is 14.7 Å². The van der Waals surface area contributed by atoms with E-state index in [1.54, 1.807) is 0 Å². The number of Topliss-reactive ketones (excluding diaryl/α,β-unsaturated/α-hetero) is 2. The summed E-state index contributed by atoms with van der Waals surface area (Å²) in [5, 5.41) is 14.2. The minimum Gasteiger partial charge on any atom is -0.505 e. The number of rotatable bonds is 8. The van der Waals surface area contributed by atoms with E-state index in [1.807, 2.05) is 13.0 Å². The summed E-state index contributed by atoms with van der Waals surface area (Å²) in [4.78, 5) is 25.7. The Balaban J connectivity index is 2.44. The number of ketones is 2. The Kier molecular flexibility index (Phi) is 7.24. The van der Waals surface area contributed by atoms with Crippen molar-refractivity contribution in [3.05, 3.63) is 34.3 Å². The van der Waals surface area contributed by atoms with Gasteiger partial charge in [0, 0.05) is 18.0 Å². The van der Waals surface area contributed by atoms with Gasteiger partial charge >= 0.3 is 0 Å². The molecular weight excluding hydrogens is 326 g/mol. The zero-order valence-corrected chi connectivity index (χ0v) is 16.7. The number of aliphatic hydroxyl groups excluding tert-OH is 1. The van der Waals surface area contributed by atoms with Crippen molar-refractivity contribution in [1.29, 1.82) is 0 Å². The number of allylic oxidation sites excluding steroid dienone is 4. The van der Waals surface area contributed by atoms with Crippen LogP contribution in [0.2, 0.25) is 0 Å². The van der Waals surface area contributed by atoms with Crippen LogP contribution in [0, 0.1) is 11.8 Å². The van der Waals surface area contributed by atoms with E-state index in [2.05, 4.69) is 26.1 Å². The van der Waals surface area contributed by atoms with Gasteiger partial charge in [0.05, 0.1) is 11.3 Å². The molecule has 0 radical (unpaired) electrons. The van der Waals surface area contributed by atoms with Crippen molar-refractivity contribution in [3.8, 4) is 0 Å². The highest BCUT2D eigenvalue weighted by atomic mass is 16.3. The number of hydrogen-bond acceptors (Lipinski definition) is 4. The molecule has 0 aromatic carbocycles. The first-order chi connectivity index (χ1) is 12.4. The summed E-state index contributed by atoms with van der Waals surface area (Å²) < 4.78 is 0. The maximum absolute atomic E-state index is 12.8. The van der Waals surface area contributed by atoms with E-state index < -0.39 is 11.6 Å². The molecule has 0 aromatic rings. The van der Waals surface area contributed by atoms with E-state index in [9.17, 15) is 14.7 Å². The first-order valence-electron chi connectivity index (χ1n) is 10.0. The second-order valence-electron chi connectivity index (χ2n) is 8.02. The zero-order chi connectivity index (χ0) is 19.3. The SMILES string of the molecule is CCCCCC1=C(NCC(C)C)C(O)=C(C2C=C(C)CCC2)C(=O)C1=O. The Hall–Kier alpha value is -1.84. The van der Waals surface area contributed by atoms with Crippen molar-refractivity contribution in [2.45, 2.75) is 72.6 Å². The Bertz CT molecular complexity index is 652. The molecule has 0 saturated carbocycles. The summed E-state index contributed by atoms with van der Waals surface area (Å²) in [7, 11) is 0. The van der Waals surface area contributed by atoms with Gasteiger partial charge < -0.3 is 10.4 Å². The van der Waals surface area contributed by atoms with E-state index in [1.165, 1.54) is 5.57 Å². The van der Waals surface area contributed by atoms with Crippen LogP contribution in [0.15, 0.2) is 34.3 Å². The van der Waals surface area contributed by atoms with Gasteiger partial charge in [-0.05, 0) is 44.9 Å². The Morgan fingerprint density at radius 1 is 1.23 bits per heavy atom. The van der Waals surface area contributed by atoms with Crippen LogP contribution >= 0.6 is 0 Å². The largest absolute Gasteiger partial charge is 0.505 e. The smallest absolute Gasteiger partial charge is 0.233 e. The van der Waals surface area contributed by atoms with Gasteiger partial charge in [-0.3, -0.25) is 9.59 Å². The van der Waals surface area contributed by atoms with E-state index in [-0.39, 0.29) is 11.7 Å². The van der Waals surface area contributed by atoms with Gasteiger partial charge in [-0.1, -0.05) is 45.3 Å². The Labute approximate surface area is 157 Å². The lowest BCUT2D eigenvalue weighted by atomic mass is 9.78. The van der Waals surface area contributed by atoms with Crippen LogP contribution in [0.1, 0.15) is 72.6 Å². The summed E-state index contributed by atoms with van der Waals surface area (Å²) >= 11 is 0. The molecule has 2 aliphatic rings. The van der Waals surface area contributed by atoms with Crippen LogP contribution in [0.3, 0.4) is 0 Å². The number of aliphatic hydroxyl groups is 1. The average molecular weight is 360 g/mol. The fraction of sp³-hybridized carbons (Fsp3) is 0.636. The molecule has 1 unspecified atom stereocenters. The van der Waals surface area contributed by atoms with Crippen molar-refractivity contribution in [3.63, 3.8) is 0 Å². The number of carbonyl (C=O) groups excluding carboxylic acids is 2. The summed E-state index contributed by atoms with van der Waals surface area (Å²) in [5.41, 5.74) is 2.46. The lowest BCUT2D eigenvalue weighted by Crippen LogP contribution is -2.35. The number of hydrogen-bond donors (Lipinski definition) is 2. The molecule has 26 heavy (non-hydrogen) atoms. The first kappa shape index (κ1) is 20.5. The van der Waals surface area contributed by atoms with Gasteiger partial charge in [-0.25, -0.2) is 0 Å². The molecule has 0 aromatic heterocycles. The number of nitrogens with one attached hydrogen (secondary N) is 1. The average Bonchev–Trinajstić information content (AvgIpc) is 2.59. The van der Waals surface area contributed by atoms with E-state index in [0.717, 1.165) is 38.5 Å². The van der Waals surface area contributed by atoms with E-state index >= 15 is 0 Å². The highest BCUT2D eigenvalue weighted by molar-refractivity contribution is 6.50. The highest BCUT2D eigenvalue weighted by Crippen LogP contribution is 2.36.